The molecule has 130 valence electrons. The molecule has 0 spiro atoms. The predicted molar refractivity (Wildman–Crippen MR) is 84.3 cm³/mol. The smallest absolute Gasteiger partial charge is 0.342 e. The van der Waals surface area contributed by atoms with Crippen LogP contribution < -0.4 is 16.7 Å². The number of hydrogen-bond acceptors (Lipinski definition) is 8. The molecule has 0 aliphatic rings. The number of aromatic hydroxyl groups is 1. The third-order valence-corrected chi connectivity index (χ3v) is 2.97. The highest BCUT2D eigenvalue weighted by molar-refractivity contribution is 5.83. The molecule has 0 unspecified atom stereocenters. The second-order valence-corrected chi connectivity index (χ2v) is 4.75. The number of aromatic nitrogens is 3. The zero-order valence-electron chi connectivity index (χ0n) is 12.6. The first-order valence-electron chi connectivity index (χ1n) is 6.84. The molecule has 0 aliphatic carbocycles. The lowest BCUT2D eigenvalue weighted by Crippen LogP contribution is -2.28. The summed E-state index contributed by atoms with van der Waals surface area (Å²) in [7, 11) is 0. The van der Waals surface area contributed by atoms with Gasteiger partial charge in [-0.3, -0.25) is 24.7 Å². The Morgan fingerprint density at radius 2 is 2.20 bits per heavy atom. The van der Waals surface area contributed by atoms with Gasteiger partial charge >= 0.3 is 11.4 Å². The van der Waals surface area contributed by atoms with Crippen LogP contribution in [-0.2, 0) is 11.2 Å². The molecular weight excluding hydrogens is 336 g/mol. The molecule has 0 atom stereocenters. The Kier molecular flexibility index (Phi) is 5.35. The second kappa shape index (κ2) is 7.63. The highest BCUT2D eigenvalue weighted by atomic mass is 16.6. The van der Waals surface area contributed by atoms with E-state index in [1.165, 1.54) is 6.07 Å². The number of H-pyrrole nitrogens is 2. The Labute approximate surface area is 138 Å². The van der Waals surface area contributed by atoms with Crippen molar-refractivity contribution in [1.82, 2.24) is 20.6 Å². The quantitative estimate of drug-likeness (QED) is 0.298. The molecule has 0 fully saturated rings. The molecule has 4 N–H and O–H groups in total. The van der Waals surface area contributed by atoms with E-state index in [1.807, 2.05) is 4.98 Å². The van der Waals surface area contributed by atoms with E-state index in [-0.39, 0.29) is 18.5 Å². The van der Waals surface area contributed by atoms with Crippen molar-refractivity contribution in [1.29, 1.82) is 0 Å². The number of benzene rings is 1. The fraction of sp³-hybridized carbons (Fsp3) is 0.154. The van der Waals surface area contributed by atoms with E-state index in [0.717, 1.165) is 18.3 Å². The number of amides is 1. The summed E-state index contributed by atoms with van der Waals surface area (Å²) in [6.45, 7) is 0. The SMILES string of the molecule is O=C(CCc1n[nH]c(=O)[nH]c1=O)N/N=C/c1ccc(O)c([N+](=O)[O-])c1. The zero-order valence-corrected chi connectivity index (χ0v) is 12.6. The van der Waals surface area contributed by atoms with Gasteiger partial charge in [0.1, 0.15) is 5.69 Å². The maximum Gasteiger partial charge on any atom is 0.342 e. The summed E-state index contributed by atoms with van der Waals surface area (Å²) >= 11 is 0. The van der Waals surface area contributed by atoms with Crippen molar-refractivity contribution in [3.63, 3.8) is 0 Å². The third-order valence-electron chi connectivity index (χ3n) is 2.97. The molecule has 12 nitrogen and oxygen atoms in total. The number of carbonyl (C=O) groups excluding carboxylic acids is 1. The molecule has 25 heavy (non-hydrogen) atoms. The van der Waals surface area contributed by atoms with Crippen molar-refractivity contribution in [2.45, 2.75) is 12.8 Å². The van der Waals surface area contributed by atoms with Gasteiger partial charge in [0.05, 0.1) is 11.1 Å². The summed E-state index contributed by atoms with van der Waals surface area (Å²) in [5, 5.41) is 29.2. The first-order chi connectivity index (χ1) is 11.9. The standard InChI is InChI=1S/C13H12N6O6/c20-10-3-1-7(5-9(10)19(24)25)6-14-17-11(21)4-2-8-12(22)15-13(23)18-16-8/h1,3,5-6,20H,2,4H2,(H,17,21)(H2,15,18,22,23)/b14-6+. The van der Waals surface area contributed by atoms with Crippen LogP contribution in [0.5, 0.6) is 5.75 Å². The summed E-state index contributed by atoms with van der Waals surface area (Å²) in [4.78, 5) is 45.8. The Morgan fingerprint density at radius 3 is 2.88 bits per heavy atom. The van der Waals surface area contributed by atoms with E-state index >= 15 is 0 Å². The molecule has 1 aromatic carbocycles. The van der Waals surface area contributed by atoms with E-state index < -0.39 is 33.5 Å². The van der Waals surface area contributed by atoms with Gasteiger partial charge in [-0.1, -0.05) is 0 Å². The number of nitro groups is 1. The van der Waals surface area contributed by atoms with Crippen LogP contribution in [0.2, 0.25) is 0 Å². The van der Waals surface area contributed by atoms with Crippen LogP contribution in [0.4, 0.5) is 5.69 Å². The average Bonchev–Trinajstić information content (AvgIpc) is 2.55. The van der Waals surface area contributed by atoms with Gasteiger partial charge in [-0.25, -0.2) is 15.3 Å². The lowest BCUT2D eigenvalue weighted by Gasteiger charge is -2.00. The molecule has 2 aromatic rings. The fourth-order valence-electron chi connectivity index (χ4n) is 1.78. The maximum absolute atomic E-state index is 11.6. The number of hydrogen-bond donors (Lipinski definition) is 4. The Bertz CT molecular complexity index is 947. The molecule has 0 radical (unpaired) electrons. The Hall–Kier alpha value is -3.83. The van der Waals surface area contributed by atoms with Gasteiger partial charge in [-0.05, 0) is 12.1 Å². The van der Waals surface area contributed by atoms with Crippen molar-refractivity contribution in [2.75, 3.05) is 0 Å². The van der Waals surface area contributed by atoms with Crippen molar-refractivity contribution in [2.24, 2.45) is 5.10 Å². The summed E-state index contributed by atoms with van der Waals surface area (Å²) in [5.41, 5.74) is 0.554. The number of nitrogens with zero attached hydrogens (tertiary/aromatic N) is 3. The van der Waals surface area contributed by atoms with Crippen LogP contribution in [0.25, 0.3) is 0 Å². The summed E-state index contributed by atoms with van der Waals surface area (Å²) < 4.78 is 0. The van der Waals surface area contributed by atoms with Crippen LogP contribution in [0, 0.1) is 10.1 Å². The van der Waals surface area contributed by atoms with Crippen LogP contribution in [-0.4, -0.2) is 37.3 Å². The summed E-state index contributed by atoms with van der Waals surface area (Å²) in [6.07, 6.45) is 1.03. The van der Waals surface area contributed by atoms with Gasteiger partial charge in [0.25, 0.3) is 5.56 Å². The summed E-state index contributed by atoms with van der Waals surface area (Å²) in [5.74, 6) is -1.01. The van der Waals surface area contributed by atoms with Gasteiger partial charge < -0.3 is 5.11 Å². The van der Waals surface area contributed by atoms with E-state index in [2.05, 4.69) is 20.7 Å². The minimum atomic E-state index is -0.750. The van der Waals surface area contributed by atoms with E-state index in [4.69, 9.17) is 0 Å². The monoisotopic (exact) mass is 348 g/mol. The van der Waals surface area contributed by atoms with Gasteiger partial charge in [0, 0.05) is 24.5 Å². The average molecular weight is 348 g/mol. The van der Waals surface area contributed by atoms with Gasteiger partial charge in [0.15, 0.2) is 5.75 Å². The molecule has 1 heterocycles. The van der Waals surface area contributed by atoms with Crippen LogP contribution >= 0.6 is 0 Å². The number of nitro benzene ring substituents is 1. The predicted octanol–water partition coefficient (Wildman–Crippen LogP) is -0.845. The largest absolute Gasteiger partial charge is 0.502 e. The lowest BCUT2D eigenvalue weighted by atomic mass is 10.2. The highest BCUT2D eigenvalue weighted by Gasteiger charge is 2.12. The zero-order chi connectivity index (χ0) is 18.4. The van der Waals surface area contributed by atoms with Crippen LogP contribution in [0.1, 0.15) is 17.7 Å². The van der Waals surface area contributed by atoms with Gasteiger partial charge in [-0.2, -0.15) is 10.2 Å². The molecule has 0 bridgehead atoms. The molecule has 0 saturated carbocycles. The van der Waals surface area contributed by atoms with E-state index in [0.29, 0.717) is 5.56 Å². The van der Waals surface area contributed by atoms with Gasteiger partial charge in [0.2, 0.25) is 5.91 Å². The molecule has 2 rings (SSSR count). The number of phenols is 1. The number of aryl methyl sites for hydroxylation is 1. The summed E-state index contributed by atoms with van der Waals surface area (Å²) in [6, 6.07) is 3.60. The minimum Gasteiger partial charge on any atom is -0.502 e. The molecule has 1 amide bonds. The number of phenolic OH excluding ortho intramolecular Hbond substituents is 1. The van der Waals surface area contributed by atoms with Gasteiger partial charge in [-0.15, -0.1) is 0 Å². The number of rotatable bonds is 6. The van der Waals surface area contributed by atoms with Crippen molar-refractivity contribution in [3.8, 4) is 5.75 Å². The van der Waals surface area contributed by atoms with E-state index in [1.54, 1.807) is 0 Å². The van der Waals surface area contributed by atoms with E-state index in [9.17, 15) is 29.6 Å². The Balaban J connectivity index is 1.92. The molecule has 0 saturated heterocycles. The Morgan fingerprint density at radius 1 is 1.44 bits per heavy atom. The van der Waals surface area contributed by atoms with Crippen molar-refractivity contribution < 1.29 is 14.8 Å². The number of hydrazone groups is 1. The first-order valence-corrected chi connectivity index (χ1v) is 6.84. The minimum absolute atomic E-state index is 0.00658. The molecule has 0 aliphatic heterocycles. The normalized spacial score (nSPS) is 10.7. The second-order valence-electron chi connectivity index (χ2n) is 4.75. The molecule has 1 aromatic heterocycles. The number of nitrogens with one attached hydrogen (secondary N) is 3. The maximum atomic E-state index is 11.6. The van der Waals surface area contributed by atoms with Crippen molar-refractivity contribution in [3.05, 3.63) is 60.4 Å². The highest BCUT2D eigenvalue weighted by Crippen LogP contribution is 2.25. The molecular formula is C13H12N6O6. The topological polar surface area (TPSA) is 183 Å². The number of aromatic amines is 2. The first kappa shape index (κ1) is 17.5. The fourth-order valence-corrected chi connectivity index (χ4v) is 1.78. The van der Waals surface area contributed by atoms with Crippen LogP contribution in [0.3, 0.4) is 0 Å². The molecule has 12 heteroatoms. The van der Waals surface area contributed by atoms with Crippen LogP contribution in [0.15, 0.2) is 32.9 Å². The lowest BCUT2D eigenvalue weighted by molar-refractivity contribution is -0.385. The number of carbonyl (C=O) groups is 1. The van der Waals surface area contributed by atoms with Crippen molar-refractivity contribution >= 4 is 17.8 Å². The third kappa shape index (κ3) is 4.82.